The van der Waals surface area contributed by atoms with Crippen LogP contribution in [-0.2, 0) is 0 Å². The maximum Gasteiger partial charge on any atom is 0.278 e. The van der Waals surface area contributed by atoms with Crippen molar-refractivity contribution in [3.8, 4) is 5.69 Å². The SMILES string of the molecule is Cc1cc(N)c(=O)n(-c2cnn(C3CC3)c2C)c1. The summed E-state index contributed by atoms with van der Waals surface area (Å²) in [5.41, 5.74) is 8.62. The van der Waals surface area contributed by atoms with Gasteiger partial charge in [-0.15, -0.1) is 0 Å². The van der Waals surface area contributed by atoms with Crippen molar-refractivity contribution in [2.45, 2.75) is 32.7 Å². The Labute approximate surface area is 105 Å². The van der Waals surface area contributed by atoms with Gasteiger partial charge in [-0.2, -0.15) is 5.10 Å². The summed E-state index contributed by atoms with van der Waals surface area (Å²) in [7, 11) is 0. The highest BCUT2D eigenvalue weighted by molar-refractivity contribution is 5.44. The Hall–Kier alpha value is -2.04. The molecular weight excluding hydrogens is 228 g/mol. The van der Waals surface area contributed by atoms with Gasteiger partial charge in [0.25, 0.3) is 5.56 Å². The molecule has 0 spiro atoms. The molecule has 1 aliphatic rings. The first kappa shape index (κ1) is 11.1. The third-order valence-electron chi connectivity index (χ3n) is 3.35. The molecule has 2 aromatic heterocycles. The minimum atomic E-state index is -0.181. The maximum absolute atomic E-state index is 12.1. The normalized spacial score (nSPS) is 15.0. The fourth-order valence-corrected chi connectivity index (χ4v) is 2.26. The Balaban J connectivity index is 2.18. The number of aromatic nitrogens is 3. The van der Waals surface area contributed by atoms with Gasteiger partial charge in [0.15, 0.2) is 0 Å². The van der Waals surface area contributed by atoms with E-state index in [9.17, 15) is 4.79 Å². The van der Waals surface area contributed by atoms with E-state index in [-0.39, 0.29) is 11.2 Å². The highest BCUT2D eigenvalue weighted by Gasteiger charge is 2.27. The highest BCUT2D eigenvalue weighted by atomic mass is 16.1. The molecule has 0 aromatic carbocycles. The van der Waals surface area contributed by atoms with Crippen LogP contribution in [0.25, 0.3) is 5.69 Å². The van der Waals surface area contributed by atoms with E-state index in [1.54, 1.807) is 23.0 Å². The summed E-state index contributed by atoms with van der Waals surface area (Å²) in [6.45, 7) is 3.92. The van der Waals surface area contributed by atoms with E-state index in [0.717, 1.165) is 16.9 Å². The molecule has 94 valence electrons. The molecule has 5 heteroatoms. The number of anilines is 1. The minimum Gasteiger partial charge on any atom is -0.394 e. The van der Waals surface area contributed by atoms with Crippen molar-refractivity contribution >= 4 is 5.69 Å². The number of hydrogen-bond donors (Lipinski definition) is 1. The number of nitrogens with zero attached hydrogens (tertiary/aromatic N) is 3. The quantitative estimate of drug-likeness (QED) is 0.872. The molecule has 0 bridgehead atoms. The van der Waals surface area contributed by atoms with E-state index in [4.69, 9.17) is 5.73 Å². The Morgan fingerprint density at radius 3 is 2.78 bits per heavy atom. The van der Waals surface area contributed by atoms with Crippen LogP contribution in [0, 0.1) is 13.8 Å². The lowest BCUT2D eigenvalue weighted by atomic mass is 10.2. The predicted octanol–water partition coefficient (Wildman–Crippen LogP) is 1.57. The van der Waals surface area contributed by atoms with Gasteiger partial charge in [0.05, 0.1) is 29.3 Å². The van der Waals surface area contributed by atoms with E-state index in [1.165, 1.54) is 12.8 Å². The highest BCUT2D eigenvalue weighted by Crippen LogP contribution is 2.36. The zero-order valence-electron chi connectivity index (χ0n) is 10.6. The molecule has 0 saturated heterocycles. The standard InChI is InChI=1S/C13H16N4O/c1-8-5-11(14)13(18)16(7-8)12-6-15-17(9(12)2)10-3-4-10/h5-7,10H,3-4,14H2,1-2H3. The van der Waals surface area contributed by atoms with Gasteiger partial charge in [-0.3, -0.25) is 14.0 Å². The molecule has 1 fully saturated rings. The predicted molar refractivity (Wildman–Crippen MR) is 70.0 cm³/mol. The van der Waals surface area contributed by atoms with E-state index < -0.39 is 0 Å². The number of nitrogens with two attached hydrogens (primary N) is 1. The molecule has 0 atom stereocenters. The number of hydrogen-bond acceptors (Lipinski definition) is 3. The molecule has 0 radical (unpaired) electrons. The van der Waals surface area contributed by atoms with Gasteiger partial charge in [-0.25, -0.2) is 0 Å². The molecule has 2 heterocycles. The molecule has 0 aliphatic heterocycles. The topological polar surface area (TPSA) is 65.8 Å². The fourth-order valence-electron chi connectivity index (χ4n) is 2.26. The average molecular weight is 244 g/mol. The Bertz CT molecular complexity index is 664. The third kappa shape index (κ3) is 1.63. The van der Waals surface area contributed by atoms with Gasteiger partial charge in [0.1, 0.15) is 0 Å². The van der Waals surface area contributed by atoms with Crippen LogP contribution in [0.1, 0.15) is 30.1 Å². The summed E-state index contributed by atoms with van der Waals surface area (Å²) in [5.74, 6) is 0. The van der Waals surface area contributed by atoms with Crippen molar-refractivity contribution in [2.24, 2.45) is 0 Å². The third-order valence-corrected chi connectivity index (χ3v) is 3.35. The molecule has 2 N–H and O–H groups in total. The second-order valence-corrected chi connectivity index (χ2v) is 4.94. The van der Waals surface area contributed by atoms with Crippen LogP contribution in [0.3, 0.4) is 0 Å². The molecule has 2 aromatic rings. The van der Waals surface area contributed by atoms with Crippen LogP contribution in [0.4, 0.5) is 5.69 Å². The first-order chi connectivity index (χ1) is 8.58. The summed E-state index contributed by atoms with van der Waals surface area (Å²) in [6.07, 6.45) is 5.90. The Morgan fingerprint density at radius 1 is 1.39 bits per heavy atom. The van der Waals surface area contributed by atoms with Crippen molar-refractivity contribution in [2.75, 3.05) is 5.73 Å². The average Bonchev–Trinajstić information content (AvgIpc) is 3.08. The summed E-state index contributed by atoms with van der Waals surface area (Å²) in [6, 6.07) is 2.20. The van der Waals surface area contributed by atoms with Gasteiger partial charge in [-0.1, -0.05) is 0 Å². The van der Waals surface area contributed by atoms with Crippen LogP contribution in [0.15, 0.2) is 23.3 Å². The number of pyridine rings is 1. The summed E-state index contributed by atoms with van der Waals surface area (Å²) < 4.78 is 3.59. The van der Waals surface area contributed by atoms with Crippen molar-refractivity contribution in [3.05, 3.63) is 40.1 Å². The van der Waals surface area contributed by atoms with Crippen molar-refractivity contribution < 1.29 is 0 Å². The largest absolute Gasteiger partial charge is 0.394 e. The van der Waals surface area contributed by atoms with E-state index in [1.807, 2.05) is 18.5 Å². The van der Waals surface area contributed by atoms with Gasteiger partial charge >= 0.3 is 0 Å². The molecule has 18 heavy (non-hydrogen) atoms. The molecular formula is C13H16N4O. The lowest BCUT2D eigenvalue weighted by Gasteiger charge is -2.08. The number of rotatable bonds is 2. The van der Waals surface area contributed by atoms with Crippen LogP contribution in [0.2, 0.25) is 0 Å². The summed E-state index contributed by atoms with van der Waals surface area (Å²) >= 11 is 0. The zero-order chi connectivity index (χ0) is 12.9. The molecule has 0 unspecified atom stereocenters. The Kier molecular flexibility index (Phi) is 2.29. The number of aryl methyl sites for hydroxylation is 1. The van der Waals surface area contributed by atoms with Crippen LogP contribution < -0.4 is 11.3 Å². The van der Waals surface area contributed by atoms with Crippen molar-refractivity contribution in [3.63, 3.8) is 0 Å². The molecule has 5 nitrogen and oxygen atoms in total. The zero-order valence-corrected chi connectivity index (χ0v) is 10.6. The smallest absolute Gasteiger partial charge is 0.278 e. The van der Waals surface area contributed by atoms with Crippen molar-refractivity contribution in [1.29, 1.82) is 0 Å². The molecule has 0 amide bonds. The second kappa shape index (κ2) is 3.73. The lowest BCUT2D eigenvalue weighted by molar-refractivity contribution is 0.621. The van der Waals surface area contributed by atoms with Crippen LogP contribution in [-0.4, -0.2) is 14.3 Å². The molecule has 1 saturated carbocycles. The van der Waals surface area contributed by atoms with Gasteiger partial charge in [0.2, 0.25) is 0 Å². The first-order valence-corrected chi connectivity index (χ1v) is 6.11. The maximum atomic E-state index is 12.1. The van der Waals surface area contributed by atoms with Crippen LogP contribution >= 0.6 is 0 Å². The monoisotopic (exact) mass is 244 g/mol. The lowest BCUT2D eigenvalue weighted by Crippen LogP contribution is -2.21. The summed E-state index contributed by atoms with van der Waals surface area (Å²) in [4.78, 5) is 12.1. The van der Waals surface area contributed by atoms with Gasteiger partial charge in [0, 0.05) is 6.20 Å². The second-order valence-electron chi connectivity index (χ2n) is 4.94. The first-order valence-electron chi connectivity index (χ1n) is 6.11. The molecule has 1 aliphatic carbocycles. The van der Waals surface area contributed by atoms with E-state index in [0.29, 0.717) is 6.04 Å². The Morgan fingerprint density at radius 2 is 2.11 bits per heavy atom. The molecule has 3 rings (SSSR count). The number of nitrogen functional groups attached to an aromatic ring is 1. The van der Waals surface area contributed by atoms with Gasteiger partial charge < -0.3 is 5.73 Å². The fraction of sp³-hybridized carbons (Fsp3) is 0.385. The van der Waals surface area contributed by atoms with Crippen molar-refractivity contribution in [1.82, 2.24) is 14.3 Å². The van der Waals surface area contributed by atoms with Gasteiger partial charge in [-0.05, 0) is 38.3 Å². The van der Waals surface area contributed by atoms with E-state index in [2.05, 4.69) is 5.10 Å². The summed E-state index contributed by atoms with van der Waals surface area (Å²) in [5, 5.41) is 4.37. The van der Waals surface area contributed by atoms with E-state index >= 15 is 0 Å². The van der Waals surface area contributed by atoms with Crippen LogP contribution in [0.5, 0.6) is 0 Å². The minimum absolute atomic E-state index is 0.181.